The van der Waals surface area contributed by atoms with Crippen molar-refractivity contribution in [2.45, 2.75) is 111 Å². The first-order valence-electron chi connectivity index (χ1n) is 10.3. The van der Waals surface area contributed by atoms with E-state index < -0.39 is 0 Å². The summed E-state index contributed by atoms with van der Waals surface area (Å²) in [6.07, 6.45) is 19.1. The second kappa shape index (κ2) is 11.6. The molecule has 0 aromatic carbocycles. The molecule has 0 bridgehead atoms. The summed E-state index contributed by atoms with van der Waals surface area (Å²) >= 11 is 0. The quantitative estimate of drug-likeness (QED) is 0.347. The van der Waals surface area contributed by atoms with Gasteiger partial charge in [-0.05, 0) is 42.9 Å². The van der Waals surface area contributed by atoms with Crippen molar-refractivity contribution in [3.63, 3.8) is 0 Å². The highest BCUT2D eigenvalue weighted by Crippen LogP contribution is 2.50. The van der Waals surface area contributed by atoms with Crippen molar-refractivity contribution < 1.29 is 0 Å². The SMILES string of the molecule is CCCCC1CC(CCCC)C(CCCC)C1CCCC. The van der Waals surface area contributed by atoms with Gasteiger partial charge in [0.1, 0.15) is 0 Å². The van der Waals surface area contributed by atoms with Crippen LogP contribution in [-0.4, -0.2) is 0 Å². The molecule has 1 fully saturated rings. The fourth-order valence-electron chi connectivity index (χ4n) is 4.81. The molecule has 0 aromatic rings. The van der Waals surface area contributed by atoms with Crippen LogP contribution in [0.2, 0.25) is 0 Å². The van der Waals surface area contributed by atoms with Gasteiger partial charge in [-0.1, -0.05) is 91.9 Å². The van der Waals surface area contributed by atoms with Gasteiger partial charge in [0.2, 0.25) is 0 Å². The van der Waals surface area contributed by atoms with E-state index >= 15 is 0 Å². The average molecular weight is 295 g/mol. The zero-order chi connectivity index (χ0) is 15.5. The van der Waals surface area contributed by atoms with E-state index in [1.54, 1.807) is 6.42 Å². The lowest BCUT2D eigenvalue weighted by Crippen LogP contribution is -2.18. The number of hydrogen-bond acceptors (Lipinski definition) is 0. The molecule has 0 amide bonds. The van der Waals surface area contributed by atoms with Gasteiger partial charge in [-0.15, -0.1) is 0 Å². The first-order chi connectivity index (χ1) is 10.3. The monoisotopic (exact) mass is 294 g/mol. The van der Waals surface area contributed by atoms with E-state index in [4.69, 9.17) is 0 Å². The maximum atomic E-state index is 2.37. The highest BCUT2D eigenvalue weighted by atomic mass is 14.5. The summed E-state index contributed by atoms with van der Waals surface area (Å²) in [5, 5.41) is 0. The van der Waals surface area contributed by atoms with Crippen molar-refractivity contribution in [3.05, 3.63) is 0 Å². The van der Waals surface area contributed by atoms with Gasteiger partial charge < -0.3 is 0 Å². The maximum absolute atomic E-state index is 2.37. The average Bonchev–Trinajstić information content (AvgIpc) is 2.83. The third kappa shape index (κ3) is 6.33. The summed E-state index contributed by atoms with van der Waals surface area (Å²) in [4.78, 5) is 0. The third-order valence-electron chi connectivity index (χ3n) is 6.01. The van der Waals surface area contributed by atoms with E-state index in [9.17, 15) is 0 Å². The molecule has 0 heteroatoms. The van der Waals surface area contributed by atoms with Crippen LogP contribution in [0.25, 0.3) is 0 Å². The molecule has 0 N–H and O–H groups in total. The normalized spacial score (nSPS) is 29.1. The molecule has 21 heavy (non-hydrogen) atoms. The van der Waals surface area contributed by atoms with Crippen molar-refractivity contribution in [3.8, 4) is 0 Å². The minimum atomic E-state index is 1.07. The predicted molar refractivity (Wildman–Crippen MR) is 96.7 cm³/mol. The van der Waals surface area contributed by atoms with E-state index in [0.29, 0.717) is 0 Å². The lowest BCUT2D eigenvalue weighted by atomic mass is 9.78. The summed E-state index contributed by atoms with van der Waals surface area (Å²) in [5.74, 6) is 4.29. The van der Waals surface area contributed by atoms with Gasteiger partial charge in [0.25, 0.3) is 0 Å². The topological polar surface area (TPSA) is 0 Å². The molecule has 1 saturated carbocycles. The molecule has 4 atom stereocenters. The summed E-state index contributed by atoms with van der Waals surface area (Å²) in [5.41, 5.74) is 0. The molecule has 4 unspecified atom stereocenters. The summed E-state index contributed by atoms with van der Waals surface area (Å²) < 4.78 is 0. The number of hydrogen-bond donors (Lipinski definition) is 0. The maximum Gasteiger partial charge on any atom is -0.0355 e. The molecule has 0 saturated heterocycles. The van der Waals surface area contributed by atoms with Crippen molar-refractivity contribution in [2.24, 2.45) is 23.7 Å². The van der Waals surface area contributed by atoms with Crippen LogP contribution >= 0.6 is 0 Å². The second-order valence-corrected chi connectivity index (χ2v) is 7.65. The van der Waals surface area contributed by atoms with Crippen molar-refractivity contribution in [1.29, 1.82) is 0 Å². The van der Waals surface area contributed by atoms with Gasteiger partial charge >= 0.3 is 0 Å². The van der Waals surface area contributed by atoms with Gasteiger partial charge in [0.15, 0.2) is 0 Å². The van der Waals surface area contributed by atoms with Gasteiger partial charge in [-0.3, -0.25) is 0 Å². The van der Waals surface area contributed by atoms with Crippen LogP contribution in [0.5, 0.6) is 0 Å². The lowest BCUT2D eigenvalue weighted by Gasteiger charge is -2.27. The molecule has 0 nitrogen and oxygen atoms in total. The van der Waals surface area contributed by atoms with E-state index in [1.165, 1.54) is 77.0 Å². The van der Waals surface area contributed by atoms with Crippen molar-refractivity contribution in [2.75, 3.05) is 0 Å². The summed E-state index contributed by atoms with van der Waals surface area (Å²) in [7, 11) is 0. The third-order valence-corrected chi connectivity index (χ3v) is 6.01. The van der Waals surface area contributed by atoms with Gasteiger partial charge in [-0.2, -0.15) is 0 Å². The Kier molecular flexibility index (Phi) is 10.5. The minimum Gasteiger partial charge on any atom is -0.0654 e. The molecule has 0 spiro atoms. The predicted octanol–water partition coefficient (Wildman–Crippen LogP) is 7.62. The second-order valence-electron chi connectivity index (χ2n) is 7.65. The zero-order valence-electron chi connectivity index (χ0n) is 15.5. The number of unbranched alkanes of at least 4 members (excludes halogenated alkanes) is 4. The first-order valence-corrected chi connectivity index (χ1v) is 10.3. The summed E-state index contributed by atoms with van der Waals surface area (Å²) in [6, 6.07) is 0. The Morgan fingerprint density at radius 3 is 1.19 bits per heavy atom. The fourth-order valence-corrected chi connectivity index (χ4v) is 4.81. The standard InChI is InChI=1S/C21H42/c1-5-9-13-18-17-19(14-10-6-2)21(16-12-8-4)20(18)15-11-7-3/h18-21H,5-17H2,1-4H3. The molecular weight excluding hydrogens is 252 g/mol. The highest BCUT2D eigenvalue weighted by Gasteiger charge is 2.40. The molecule has 126 valence electrons. The first kappa shape index (κ1) is 19.0. The molecule has 1 aliphatic carbocycles. The minimum absolute atomic E-state index is 1.07. The highest BCUT2D eigenvalue weighted by molar-refractivity contribution is 4.90. The number of rotatable bonds is 12. The molecule has 0 aromatic heterocycles. The van der Waals surface area contributed by atoms with Gasteiger partial charge in [0, 0.05) is 0 Å². The Bertz CT molecular complexity index is 208. The molecule has 1 aliphatic rings. The van der Waals surface area contributed by atoms with Crippen LogP contribution in [0.3, 0.4) is 0 Å². The van der Waals surface area contributed by atoms with Crippen LogP contribution < -0.4 is 0 Å². The van der Waals surface area contributed by atoms with Crippen LogP contribution in [-0.2, 0) is 0 Å². The molecule has 0 heterocycles. The van der Waals surface area contributed by atoms with Crippen molar-refractivity contribution >= 4 is 0 Å². The van der Waals surface area contributed by atoms with Gasteiger partial charge in [0.05, 0.1) is 0 Å². The molecule has 1 rings (SSSR count). The Hall–Kier alpha value is 0. The zero-order valence-corrected chi connectivity index (χ0v) is 15.5. The van der Waals surface area contributed by atoms with Crippen LogP contribution in [0.1, 0.15) is 111 Å². The Balaban J connectivity index is 2.68. The molecule has 0 aliphatic heterocycles. The van der Waals surface area contributed by atoms with Gasteiger partial charge in [-0.25, -0.2) is 0 Å². The van der Waals surface area contributed by atoms with Crippen LogP contribution in [0, 0.1) is 23.7 Å². The Labute approximate surface area is 135 Å². The molecule has 0 radical (unpaired) electrons. The van der Waals surface area contributed by atoms with Crippen LogP contribution in [0.4, 0.5) is 0 Å². The van der Waals surface area contributed by atoms with E-state index in [0.717, 1.165) is 23.7 Å². The Morgan fingerprint density at radius 1 is 0.524 bits per heavy atom. The van der Waals surface area contributed by atoms with Crippen LogP contribution in [0.15, 0.2) is 0 Å². The lowest BCUT2D eigenvalue weighted by molar-refractivity contribution is 0.228. The summed E-state index contributed by atoms with van der Waals surface area (Å²) in [6.45, 7) is 9.45. The largest absolute Gasteiger partial charge is 0.0654 e. The molecular formula is C21H42. The smallest absolute Gasteiger partial charge is 0.0355 e. The van der Waals surface area contributed by atoms with E-state index in [2.05, 4.69) is 27.7 Å². The van der Waals surface area contributed by atoms with E-state index in [-0.39, 0.29) is 0 Å². The fraction of sp³-hybridized carbons (Fsp3) is 1.00. The Morgan fingerprint density at radius 2 is 0.857 bits per heavy atom. The van der Waals surface area contributed by atoms with Crippen molar-refractivity contribution in [1.82, 2.24) is 0 Å². The van der Waals surface area contributed by atoms with E-state index in [1.807, 2.05) is 0 Å².